The van der Waals surface area contributed by atoms with E-state index in [1.165, 1.54) is 0 Å². The highest BCUT2D eigenvalue weighted by atomic mass is 32.2. The molecule has 1 saturated heterocycles. The van der Waals surface area contributed by atoms with E-state index < -0.39 is 10.1 Å². The van der Waals surface area contributed by atoms with Crippen LogP contribution in [0.25, 0.3) is 0 Å². The van der Waals surface area contributed by atoms with Crippen LogP contribution in [0.2, 0.25) is 0 Å². The van der Waals surface area contributed by atoms with Crippen molar-refractivity contribution in [1.82, 2.24) is 0 Å². The Kier molecular flexibility index (Phi) is 6.73. The molecule has 0 radical (unpaired) electrons. The van der Waals surface area contributed by atoms with Gasteiger partial charge in [0.2, 0.25) is 0 Å². The van der Waals surface area contributed by atoms with E-state index in [-0.39, 0.29) is 50.7 Å². The average Bonchev–Trinajstić information content (AvgIpc) is 2.93. The highest BCUT2D eigenvalue weighted by molar-refractivity contribution is 7.86. The van der Waals surface area contributed by atoms with Gasteiger partial charge in [0.1, 0.15) is 6.10 Å². The van der Waals surface area contributed by atoms with Crippen molar-refractivity contribution in [1.29, 1.82) is 0 Å². The van der Waals surface area contributed by atoms with Crippen molar-refractivity contribution < 1.29 is 17.3 Å². The summed E-state index contributed by atoms with van der Waals surface area (Å²) in [5.41, 5.74) is 1.01. The lowest BCUT2D eigenvalue weighted by molar-refractivity contribution is 0.264. The van der Waals surface area contributed by atoms with Gasteiger partial charge in [-0.05, 0) is 26.0 Å². The second-order valence-corrected chi connectivity index (χ2v) is 5.55. The van der Waals surface area contributed by atoms with E-state index in [9.17, 15) is 8.42 Å². The lowest BCUT2D eigenvalue weighted by atomic mass is 10.2. The van der Waals surface area contributed by atoms with Crippen LogP contribution in [0.5, 0.6) is 0 Å². The summed E-state index contributed by atoms with van der Waals surface area (Å²) in [6.45, 7) is 3.88. The number of hydrogen-bond acceptors (Lipinski definition) is 4. The van der Waals surface area contributed by atoms with Crippen LogP contribution < -0.4 is 0 Å². The Morgan fingerprint density at radius 1 is 1.22 bits per heavy atom. The third-order valence-electron chi connectivity index (χ3n) is 2.53. The van der Waals surface area contributed by atoms with Crippen LogP contribution in [0.3, 0.4) is 0 Å². The van der Waals surface area contributed by atoms with Crippen LogP contribution in [0.1, 0.15) is 12.5 Å². The third-order valence-corrected chi connectivity index (χ3v) is 3.83. The highest BCUT2D eigenvalue weighted by Gasteiger charge is 2.35. The Bertz CT molecular complexity index is 470. The fourth-order valence-electron chi connectivity index (χ4n) is 1.33. The maximum Gasteiger partial charge on any atom is 0.297 e. The predicted molar refractivity (Wildman–Crippen MR) is 79.4 cm³/mol. The summed E-state index contributed by atoms with van der Waals surface area (Å²) < 4.78 is 33.4. The van der Waals surface area contributed by atoms with E-state index in [1.807, 2.05) is 13.8 Å². The van der Waals surface area contributed by atoms with Crippen LogP contribution in [0.4, 0.5) is 0 Å². The number of benzene rings is 1. The molecule has 0 saturated carbocycles. The molecule has 1 aliphatic heterocycles. The van der Waals surface area contributed by atoms with Gasteiger partial charge in [-0.1, -0.05) is 17.7 Å². The molecule has 18 heavy (non-hydrogen) atoms. The Labute approximate surface area is 122 Å². The smallest absolute Gasteiger partial charge is 0.297 e. The van der Waals surface area contributed by atoms with Crippen molar-refractivity contribution in [2.24, 2.45) is 0 Å². The molecule has 2 rings (SSSR count). The van der Waals surface area contributed by atoms with E-state index in [2.05, 4.69) is 0 Å². The first-order chi connectivity index (χ1) is 7.49. The van der Waals surface area contributed by atoms with Gasteiger partial charge < -0.3 is 4.74 Å². The molecule has 4 nitrogen and oxygen atoms in total. The molecule has 0 spiro atoms. The lowest BCUT2D eigenvalue weighted by Gasteiger charge is -2.04. The van der Waals surface area contributed by atoms with Crippen LogP contribution in [0, 0.1) is 6.92 Å². The van der Waals surface area contributed by atoms with Gasteiger partial charge in [0.15, 0.2) is 0 Å². The second-order valence-electron chi connectivity index (χ2n) is 3.93. The van der Waals surface area contributed by atoms with Gasteiger partial charge in [0, 0.05) is 0 Å². The summed E-state index contributed by atoms with van der Waals surface area (Å²) in [6, 6.07) is 6.57. The molecule has 7 heteroatoms. The molecule has 1 aromatic carbocycles. The van der Waals surface area contributed by atoms with Crippen molar-refractivity contribution in [3.63, 3.8) is 0 Å². The van der Waals surface area contributed by atoms with Gasteiger partial charge in [-0.15, -0.1) is 0 Å². The summed E-state index contributed by atoms with van der Waals surface area (Å²) >= 11 is 0. The summed E-state index contributed by atoms with van der Waals surface area (Å²) in [5, 5.41) is 0. The van der Waals surface area contributed by atoms with Crippen LogP contribution >= 0.6 is 27.0 Å². The number of ether oxygens (including phenoxy) is 1. The van der Waals surface area contributed by atoms with Gasteiger partial charge in [0.05, 0.1) is 17.6 Å². The SMILES string of the molecule is Cc1ccc(S(=O)(=O)OC[C@@H]2O[C@H]2C)cc1.S.S. The van der Waals surface area contributed by atoms with Crippen molar-refractivity contribution in [2.45, 2.75) is 31.0 Å². The first-order valence-electron chi connectivity index (χ1n) is 5.10. The summed E-state index contributed by atoms with van der Waals surface area (Å²) in [7, 11) is -3.64. The maximum absolute atomic E-state index is 11.7. The zero-order valence-electron chi connectivity index (χ0n) is 10.2. The summed E-state index contributed by atoms with van der Waals surface area (Å²) in [4.78, 5) is 0.186. The molecular weight excluding hydrogens is 292 g/mol. The minimum Gasteiger partial charge on any atom is -0.367 e. The zero-order valence-corrected chi connectivity index (χ0v) is 13.0. The molecule has 1 heterocycles. The minimum atomic E-state index is -3.64. The normalized spacial score (nSPS) is 21.7. The van der Waals surface area contributed by atoms with E-state index in [4.69, 9.17) is 8.92 Å². The molecule has 0 aromatic heterocycles. The van der Waals surface area contributed by atoms with E-state index >= 15 is 0 Å². The van der Waals surface area contributed by atoms with E-state index in [0.29, 0.717) is 0 Å². The Morgan fingerprint density at radius 2 is 1.72 bits per heavy atom. The van der Waals surface area contributed by atoms with Crippen molar-refractivity contribution in [3.05, 3.63) is 29.8 Å². The number of rotatable bonds is 4. The van der Waals surface area contributed by atoms with Crippen molar-refractivity contribution in [2.75, 3.05) is 6.61 Å². The quantitative estimate of drug-likeness (QED) is 0.627. The molecule has 0 bridgehead atoms. The minimum absolute atomic E-state index is 0. The fourth-order valence-corrected chi connectivity index (χ4v) is 2.25. The monoisotopic (exact) mass is 310 g/mol. The number of hydrogen-bond donors (Lipinski definition) is 0. The molecule has 1 fully saturated rings. The van der Waals surface area contributed by atoms with Crippen LogP contribution in [-0.4, -0.2) is 27.2 Å². The first-order valence-corrected chi connectivity index (χ1v) is 6.51. The highest BCUT2D eigenvalue weighted by Crippen LogP contribution is 2.23. The second kappa shape index (κ2) is 6.81. The van der Waals surface area contributed by atoms with Crippen molar-refractivity contribution >= 4 is 37.1 Å². The molecule has 104 valence electrons. The number of epoxide rings is 1. The van der Waals surface area contributed by atoms with Gasteiger partial charge in [-0.2, -0.15) is 35.4 Å². The Balaban J connectivity index is 0.00000144. The molecule has 2 atom stereocenters. The van der Waals surface area contributed by atoms with Crippen LogP contribution in [-0.2, 0) is 19.0 Å². The zero-order chi connectivity index (χ0) is 11.8. The topological polar surface area (TPSA) is 55.9 Å². The lowest BCUT2D eigenvalue weighted by Crippen LogP contribution is -2.11. The summed E-state index contributed by atoms with van der Waals surface area (Å²) in [5.74, 6) is 0. The molecule has 1 aromatic rings. The van der Waals surface area contributed by atoms with Gasteiger partial charge in [-0.3, -0.25) is 4.18 Å². The molecule has 0 amide bonds. The fraction of sp³-hybridized carbons (Fsp3) is 0.455. The molecule has 1 aliphatic rings. The summed E-state index contributed by atoms with van der Waals surface area (Å²) in [6.07, 6.45) is 0.0217. The van der Waals surface area contributed by atoms with Crippen molar-refractivity contribution in [3.8, 4) is 0 Å². The van der Waals surface area contributed by atoms with E-state index in [0.717, 1.165) is 5.56 Å². The molecular formula is C11H18O4S3. The molecule has 0 N–H and O–H groups in total. The largest absolute Gasteiger partial charge is 0.367 e. The standard InChI is InChI=1S/C11H14O4S.2H2S/c1-8-3-5-10(6-4-8)16(12,13)14-7-11-9(2)15-11;;/h3-6,9,11H,7H2,1-2H3;2*1H2/t9-,11-;;/m0../s1. The first kappa shape index (κ1) is 17.8. The average molecular weight is 310 g/mol. The maximum atomic E-state index is 11.7. The Hall–Kier alpha value is -0.210. The van der Waals surface area contributed by atoms with Gasteiger partial charge >= 0.3 is 0 Å². The predicted octanol–water partition coefficient (Wildman–Crippen LogP) is 1.71. The van der Waals surface area contributed by atoms with E-state index in [1.54, 1.807) is 24.3 Å². The Morgan fingerprint density at radius 3 is 2.17 bits per heavy atom. The molecule has 0 unspecified atom stereocenters. The third kappa shape index (κ3) is 4.47. The number of aryl methyl sites for hydroxylation is 1. The molecule has 0 aliphatic carbocycles. The van der Waals surface area contributed by atoms with Crippen LogP contribution in [0.15, 0.2) is 29.2 Å². The van der Waals surface area contributed by atoms with Gasteiger partial charge in [0.25, 0.3) is 10.1 Å². The van der Waals surface area contributed by atoms with Gasteiger partial charge in [-0.25, -0.2) is 0 Å².